The molecule has 170 valence electrons. The highest BCUT2D eigenvalue weighted by atomic mass is 32.1. The first-order chi connectivity index (χ1) is 15.3. The fourth-order valence-electron chi connectivity index (χ4n) is 3.31. The Kier molecular flexibility index (Phi) is 7.47. The number of aromatic carboxylic acids is 1. The second-order valence-corrected chi connectivity index (χ2v) is 8.52. The van der Waals surface area contributed by atoms with Crippen LogP contribution in [0.4, 0.5) is 5.13 Å². The van der Waals surface area contributed by atoms with Gasteiger partial charge in [-0.15, -0.1) is 11.3 Å². The molecule has 0 aliphatic carbocycles. The minimum Gasteiger partial charge on any atom is -0.496 e. The molecule has 0 radical (unpaired) electrons. The fraction of sp³-hybridized carbons (Fsp3) is 0.364. The summed E-state index contributed by atoms with van der Waals surface area (Å²) in [5.41, 5.74) is 0.969. The number of carbonyl (C=O) groups is 3. The van der Waals surface area contributed by atoms with Crippen LogP contribution in [0.1, 0.15) is 48.0 Å². The number of carbonyl (C=O) groups excluding carboxylic acids is 2. The van der Waals surface area contributed by atoms with Gasteiger partial charge in [-0.2, -0.15) is 0 Å². The Labute approximate surface area is 189 Å². The highest BCUT2D eigenvalue weighted by molar-refractivity contribution is 7.16. The Bertz CT molecular complexity index is 1130. The molecule has 1 aromatic carbocycles. The van der Waals surface area contributed by atoms with Gasteiger partial charge in [-0.25, -0.2) is 9.78 Å². The van der Waals surface area contributed by atoms with Crippen molar-refractivity contribution in [2.24, 2.45) is 0 Å². The zero-order valence-corrected chi connectivity index (χ0v) is 19.0. The van der Waals surface area contributed by atoms with Crippen LogP contribution in [0.25, 0.3) is 10.9 Å². The van der Waals surface area contributed by atoms with Crippen LogP contribution < -0.4 is 15.4 Å². The molecule has 3 rings (SSSR count). The number of rotatable bonds is 10. The zero-order chi connectivity index (χ0) is 23.3. The first-order valence-corrected chi connectivity index (χ1v) is 11.0. The number of hydrogen-bond acceptors (Lipinski definition) is 6. The van der Waals surface area contributed by atoms with E-state index in [1.807, 2.05) is 48.9 Å². The largest absolute Gasteiger partial charge is 0.496 e. The molecule has 0 fully saturated rings. The summed E-state index contributed by atoms with van der Waals surface area (Å²) in [6.07, 6.45) is 1.95. The fourth-order valence-corrected chi connectivity index (χ4v) is 4.29. The summed E-state index contributed by atoms with van der Waals surface area (Å²) in [6, 6.07) is 7.78. The summed E-state index contributed by atoms with van der Waals surface area (Å²) in [7, 11) is 1.63. The lowest BCUT2D eigenvalue weighted by molar-refractivity contribution is -0.124. The number of hydrogen-bond donors (Lipinski definition) is 3. The SMILES string of the molecule is COc1cccc2c1ccn2CCNC(=O)CCC(=O)Nc1nc(C(=O)O)c(C(C)C)s1. The summed E-state index contributed by atoms with van der Waals surface area (Å²) in [4.78, 5) is 40.2. The number of amides is 2. The van der Waals surface area contributed by atoms with Crippen molar-refractivity contribution in [1.82, 2.24) is 14.9 Å². The van der Waals surface area contributed by atoms with Crippen LogP contribution in [0.5, 0.6) is 5.75 Å². The minimum absolute atomic E-state index is 0.0194. The molecule has 32 heavy (non-hydrogen) atoms. The van der Waals surface area contributed by atoms with E-state index < -0.39 is 5.97 Å². The lowest BCUT2D eigenvalue weighted by atomic mass is 10.1. The number of methoxy groups -OCH3 is 1. The van der Waals surface area contributed by atoms with Crippen LogP contribution in [-0.2, 0) is 16.1 Å². The minimum atomic E-state index is -1.13. The van der Waals surface area contributed by atoms with Crippen molar-refractivity contribution >= 4 is 45.2 Å². The van der Waals surface area contributed by atoms with Crippen molar-refractivity contribution in [3.8, 4) is 5.75 Å². The molecule has 0 unspecified atom stereocenters. The van der Waals surface area contributed by atoms with E-state index >= 15 is 0 Å². The second-order valence-electron chi connectivity index (χ2n) is 7.49. The summed E-state index contributed by atoms with van der Waals surface area (Å²) >= 11 is 1.14. The third-order valence-corrected chi connectivity index (χ3v) is 6.15. The van der Waals surface area contributed by atoms with Crippen molar-refractivity contribution in [2.75, 3.05) is 19.0 Å². The van der Waals surface area contributed by atoms with Gasteiger partial charge in [0.2, 0.25) is 11.8 Å². The molecule has 9 nitrogen and oxygen atoms in total. The van der Waals surface area contributed by atoms with E-state index in [4.69, 9.17) is 4.74 Å². The predicted octanol–water partition coefficient (Wildman–Crippen LogP) is 3.46. The number of nitrogens with zero attached hydrogens (tertiary/aromatic N) is 2. The smallest absolute Gasteiger partial charge is 0.355 e. The second kappa shape index (κ2) is 10.3. The average Bonchev–Trinajstić information content (AvgIpc) is 3.37. The first kappa shape index (κ1) is 23.3. The molecule has 3 N–H and O–H groups in total. The van der Waals surface area contributed by atoms with Gasteiger partial charge < -0.3 is 25.0 Å². The van der Waals surface area contributed by atoms with E-state index in [1.54, 1.807) is 7.11 Å². The molecule has 10 heteroatoms. The summed E-state index contributed by atoms with van der Waals surface area (Å²) in [6.45, 7) is 4.74. The number of thiazole rings is 1. The van der Waals surface area contributed by atoms with Crippen LogP contribution in [0, 0.1) is 0 Å². The molecule has 2 aromatic heterocycles. The van der Waals surface area contributed by atoms with Crippen LogP contribution in [0.3, 0.4) is 0 Å². The summed E-state index contributed by atoms with van der Waals surface area (Å²) in [5.74, 6) is -0.966. The molecular formula is C22H26N4O5S. The Balaban J connectivity index is 1.46. The van der Waals surface area contributed by atoms with Gasteiger partial charge >= 0.3 is 5.97 Å². The number of nitrogens with one attached hydrogen (secondary N) is 2. The molecule has 2 amide bonds. The molecule has 0 atom stereocenters. The predicted molar refractivity (Wildman–Crippen MR) is 123 cm³/mol. The molecule has 0 bridgehead atoms. The van der Waals surface area contributed by atoms with E-state index in [9.17, 15) is 19.5 Å². The standard InChI is InChI=1S/C22H26N4O5S/c1-13(2)20-19(21(29)30)25-22(32-20)24-18(28)8-7-17(27)23-10-12-26-11-9-14-15(26)5-4-6-16(14)31-3/h4-6,9,11,13H,7-8,10,12H2,1-3H3,(H,23,27)(H,29,30)(H,24,25,28). The number of carboxylic acid groups (broad SMARTS) is 1. The molecule has 0 saturated heterocycles. The lowest BCUT2D eigenvalue weighted by Gasteiger charge is -2.08. The van der Waals surface area contributed by atoms with Gasteiger partial charge in [0.25, 0.3) is 0 Å². The average molecular weight is 459 g/mol. The van der Waals surface area contributed by atoms with Crippen LogP contribution in [0.15, 0.2) is 30.5 Å². The Morgan fingerprint density at radius 1 is 1.19 bits per heavy atom. The molecule has 3 aromatic rings. The quantitative estimate of drug-likeness (QED) is 0.428. The Hall–Kier alpha value is -3.40. The molecule has 0 aliphatic rings. The highest BCUT2D eigenvalue weighted by Gasteiger charge is 2.20. The van der Waals surface area contributed by atoms with Crippen molar-refractivity contribution in [2.45, 2.75) is 39.2 Å². The maximum Gasteiger partial charge on any atom is 0.355 e. The number of carboxylic acids is 1. The van der Waals surface area contributed by atoms with E-state index in [-0.39, 0.29) is 41.4 Å². The van der Waals surface area contributed by atoms with Gasteiger partial charge in [0.05, 0.1) is 12.6 Å². The van der Waals surface area contributed by atoms with Crippen molar-refractivity contribution in [3.63, 3.8) is 0 Å². The van der Waals surface area contributed by atoms with Gasteiger partial charge in [0.15, 0.2) is 10.8 Å². The number of benzene rings is 1. The van der Waals surface area contributed by atoms with E-state index in [2.05, 4.69) is 15.6 Å². The maximum absolute atomic E-state index is 12.2. The van der Waals surface area contributed by atoms with E-state index in [1.165, 1.54) is 0 Å². The van der Waals surface area contributed by atoms with E-state index in [0.717, 1.165) is 28.0 Å². The number of fused-ring (bicyclic) bond motifs is 1. The van der Waals surface area contributed by atoms with Gasteiger partial charge in [0.1, 0.15) is 5.75 Å². The molecule has 0 spiro atoms. The van der Waals surface area contributed by atoms with Crippen LogP contribution in [-0.4, -0.2) is 46.1 Å². The Morgan fingerprint density at radius 3 is 2.59 bits per heavy atom. The van der Waals surface area contributed by atoms with Crippen molar-refractivity contribution in [1.29, 1.82) is 0 Å². The topological polar surface area (TPSA) is 123 Å². The Morgan fingerprint density at radius 2 is 1.94 bits per heavy atom. The molecule has 0 aliphatic heterocycles. The molecule has 0 saturated carbocycles. The molecular weight excluding hydrogens is 432 g/mol. The highest BCUT2D eigenvalue weighted by Crippen LogP contribution is 2.30. The first-order valence-electron chi connectivity index (χ1n) is 10.2. The van der Waals surface area contributed by atoms with Gasteiger partial charge in [-0.3, -0.25) is 9.59 Å². The summed E-state index contributed by atoms with van der Waals surface area (Å²) in [5, 5.41) is 15.9. The van der Waals surface area contributed by atoms with Crippen molar-refractivity contribution in [3.05, 3.63) is 41.0 Å². The monoisotopic (exact) mass is 458 g/mol. The van der Waals surface area contributed by atoms with Gasteiger partial charge in [-0.05, 0) is 24.1 Å². The van der Waals surface area contributed by atoms with E-state index in [0.29, 0.717) is 18.0 Å². The van der Waals surface area contributed by atoms with Crippen LogP contribution >= 0.6 is 11.3 Å². The van der Waals surface area contributed by atoms with Crippen LogP contribution in [0.2, 0.25) is 0 Å². The number of anilines is 1. The molecule has 2 heterocycles. The third kappa shape index (κ3) is 5.44. The van der Waals surface area contributed by atoms with Gasteiger partial charge in [-0.1, -0.05) is 19.9 Å². The normalized spacial score (nSPS) is 11.0. The third-order valence-electron chi connectivity index (χ3n) is 4.87. The number of aromatic nitrogens is 2. The lowest BCUT2D eigenvalue weighted by Crippen LogP contribution is -2.28. The van der Waals surface area contributed by atoms with Gasteiger partial charge in [0, 0.05) is 42.4 Å². The van der Waals surface area contributed by atoms with Crippen molar-refractivity contribution < 1.29 is 24.2 Å². The zero-order valence-electron chi connectivity index (χ0n) is 18.2. The summed E-state index contributed by atoms with van der Waals surface area (Å²) < 4.78 is 7.39. The number of ether oxygens (including phenoxy) is 1. The maximum atomic E-state index is 12.2.